The summed E-state index contributed by atoms with van der Waals surface area (Å²) in [7, 11) is 1.55. The van der Waals surface area contributed by atoms with Crippen LogP contribution in [0.1, 0.15) is 15.9 Å². The van der Waals surface area contributed by atoms with Gasteiger partial charge in [-0.05, 0) is 18.1 Å². The van der Waals surface area contributed by atoms with Gasteiger partial charge in [-0.15, -0.1) is 11.3 Å². The van der Waals surface area contributed by atoms with Crippen LogP contribution in [0.25, 0.3) is 10.9 Å². The molecule has 0 radical (unpaired) electrons. The molecule has 0 aliphatic carbocycles. The van der Waals surface area contributed by atoms with Crippen LogP contribution in [0.4, 0.5) is 5.13 Å². The number of pyridine rings is 1. The van der Waals surface area contributed by atoms with Crippen molar-refractivity contribution in [3.63, 3.8) is 0 Å². The number of aromatic hydroxyl groups is 1. The normalized spacial score (nSPS) is 12.7. The maximum atomic E-state index is 12.7. The lowest BCUT2D eigenvalue weighted by atomic mass is 10.1. The molecule has 0 saturated carbocycles. The minimum atomic E-state index is -0.551. The topological polar surface area (TPSA) is 75.4 Å². The third kappa shape index (κ3) is 1.90. The molecule has 0 spiro atoms. The predicted molar refractivity (Wildman–Crippen MR) is 88.4 cm³/mol. The van der Waals surface area contributed by atoms with Gasteiger partial charge in [-0.1, -0.05) is 12.1 Å². The summed E-state index contributed by atoms with van der Waals surface area (Å²) in [5.74, 6) is -0.802. The molecule has 1 aromatic carbocycles. The van der Waals surface area contributed by atoms with Crippen molar-refractivity contribution in [2.45, 2.75) is 13.0 Å². The molecule has 0 unspecified atom stereocenters. The summed E-state index contributed by atoms with van der Waals surface area (Å²) >= 11 is 1.29. The zero-order valence-corrected chi connectivity index (χ0v) is 13.1. The van der Waals surface area contributed by atoms with Crippen molar-refractivity contribution < 1.29 is 9.90 Å². The minimum Gasteiger partial charge on any atom is -0.506 e. The van der Waals surface area contributed by atoms with E-state index in [9.17, 15) is 14.7 Å². The van der Waals surface area contributed by atoms with Crippen molar-refractivity contribution >= 4 is 33.3 Å². The molecule has 0 saturated heterocycles. The number of hydrogen-bond acceptors (Lipinski definition) is 5. The smallest absolute Gasteiger partial charge is 0.269 e. The average molecular weight is 327 g/mol. The van der Waals surface area contributed by atoms with Crippen LogP contribution >= 0.6 is 11.3 Å². The summed E-state index contributed by atoms with van der Waals surface area (Å²) in [4.78, 5) is 30.8. The number of aromatic nitrogens is 2. The monoisotopic (exact) mass is 327 g/mol. The number of para-hydroxylation sites is 1. The van der Waals surface area contributed by atoms with E-state index < -0.39 is 11.5 Å². The van der Waals surface area contributed by atoms with Gasteiger partial charge >= 0.3 is 0 Å². The average Bonchev–Trinajstić information content (AvgIpc) is 3.22. The van der Waals surface area contributed by atoms with Crippen LogP contribution in [-0.4, -0.2) is 27.6 Å². The first-order valence-corrected chi connectivity index (χ1v) is 8.02. The Morgan fingerprint density at radius 2 is 2.26 bits per heavy atom. The molecular formula is C16H13N3O3S. The van der Waals surface area contributed by atoms with Crippen LogP contribution in [0.15, 0.2) is 34.6 Å². The summed E-state index contributed by atoms with van der Waals surface area (Å²) in [6.45, 7) is 0.524. The van der Waals surface area contributed by atoms with Gasteiger partial charge < -0.3 is 9.67 Å². The molecule has 1 N–H and O–H groups in total. The van der Waals surface area contributed by atoms with E-state index in [4.69, 9.17) is 0 Å². The fourth-order valence-corrected chi connectivity index (χ4v) is 3.66. The number of anilines is 1. The second kappa shape index (κ2) is 4.92. The standard InChI is InChI=1S/C16H13N3O3S/c1-18(16-17-6-8-23-16)14(21)11-13(20)10-4-2-3-9-5-7-19(12(9)10)15(11)22/h2-4,6,8,20H,5,7H2,1H3. The van der Waals surface area contributed by atoms with Crippen LogP contribution < -0.4 is 10.5 Å². The predicted octanol–water partition coefficient (Wildman–Crippen LogP) is 2.00. The SMILES string of the molecule is CN(C(=O)c1c(O)c2cccc3c2n(c1=O)CC3)c1nccs1. The van der Waals surface area contributed by atoms with Gasteiger partial charge in [-0.3, -0.25) is 14.5 Å². The highest BCUT2D eigenvalue weighted by Gasteiger charge is 2.28. The third-order valence-corrected chi connectivity index (χ3v) is 5.02. The fourth-order valence-electron chi connectivity index (χ4n) is 3.05. The molecule has 116 valence electrons. The lowest BCUT2D eigenvalue weighted by Gasteiger charge is -2.16. The van der Waals surface area contributed by atoms with Crippen molar-refractivity contribution in [3.05, 3.63) is 51.3 Å². The first-order valence-electron chi connectivity index (χ1n) is 7.14. The Morgan fingerprint density at radius 3 is 3.00 bits per heavy atom. The second-order valence-electron chi connectivity index (χ2n) is 5.42. The zero-order valence-electron chi connectivity index (χ0n) is 12.3. The summed E-state index contributed by atoms with van der Waals surface area (Å²) in [5.41, 5.74) is 1.09. The highest BCUT2D eigenvalue weighted by Crippen LogP contribution is 2.33. The van der Waals surface area contributed by atoms with E-state index in [0.717, 1.165) is 17.5 Å². The molecule has 1 aliphatic heterocycles. The molecule has 7 heteroatoms. The highest BCUT2D eigenvalue weighted by molar-refractivity contribution is 7.13. The first kappa shape index (κ1) is 14.0. The Morgan fingerprint density at radius 1 is 1.43 bits per heavy atom. The summed E-state index contributed by atoms with van der Waals surface area (Å²) in [6, 6.07) is 5.50. The molecule has 2 aromatic heterocycles. The van der Waals surface area contributed by atoms with E-state index in [1.165, 1.54) is 16.2 Å². The third-order valence-electron chi connectivity index (χ3n) is 4.17. The molecule has 0 bridgehead atoms. The van der Waals surface area contributed by atoms with Crippen LogP contribution in [0.2, 0.25) is 0 Å². The molecule has 6 nitrogen and oxygen atoms in total. The number of amides is 1. The number of aryl methyl sites for hydroxylation is 2. The van der Waals surface area contributed by atoms with Crippen LogP contribution in [0.3, 0.4) is 0 Å². The van der Waals surface area contributed by atoms with Crippen molar-refractivity contribution in [1.82, 2.24) is 9.55 Å². The van der Waals surface area contributed by atoms with Crippen molar-refractivity contribution in [3.8, 4) is 5.75 Å². The van der Waals surface area contributed by atoms with Crippen molar-refractivity contribution in [2.75, 3.05) is 11.9 Å². The van der Waals surface area contributed by atoms with E-state index in [2.05, 4.69) is 4.98 Å². The van der Waals surface area contributed by atoms with Gasteiger partial charge in [-0.2, -0.15) is 0 Å². The number of carbonyl (C=O) groups is 1. The van der Waals surface area contributed by atoms with E-state index in [1.54, 1.807) is 29.3 Å². The Labute approximate surface area is 135 Å². The number of rotatable bonds is 2. The molecule has 0 fully saturated rings. The largest absolute Gasteiger partial charge is 0.506 e. The van der Waals surface area contributed by atoms with Gasteiger partial charge in [0.1, 0.15) is 11.3 Å². The van der Waals surface area contributed by atoms with Gasteiger partial charge in [0.15, 0.2) is 5.13 Å². The molecule has 0 atom stereocenters. The molecule has 3 aromatic rings. The number of hydrogen-bond donors (Lipinski definition) is 1. The lowest BCUT2D eigenvalue weighted by molar-refractivity contribution is 0.0988. The quantitative estimate of drug-likeness (QED) is 0.781. The Kier molecular flexibility index (Phi) is 2.99. The number of benzene rings is 1. The van der Waals surface area contributed by atoms with E-state index >= 15 is 0 Å². The van der Waals surface area contributed by atoms with E-state index in [0.29, 0.717) is 17.1 Å². The minimum absolute atomic E-state index is 0.200. The summed E-state index contributed by atoms with van der Waals surface area (Å²) in [6.07, 6.45) is 2.31. The molecule has 1 aliphatic rings. The van der Waals surface area contributed by atoms with Crippen LogP contribution in [0, 0.1) is 0 Å². The van der Waals surface area contributed by atoms with Crippen LogP contribution in [-0.2, 0) is 13.0 Å². The van der Waals surface area contributed by atoms with Gasteiger partial charge in [-0.25, -0.2) is 4.98 Å². The van der Waals surface area contributed by atoms with E-state index in [1.807, 2.05) is 12.1 Å². The Hall–Kier alpha value is -2.67. The zero-order chi connectivity index (χ0) is 16.1. The van der Waals surface area contributed by atoms with Crippen LogP contribution in [0.5, 0.6) is 5.75 Å². The Balaban J connectivity index is 1.96. The first-order chi connectivity index (χ1) is 11.1. The molecule has 4 rings (SSSR count). The summed E-state index contributed by atoms with van der Waals surface area (Å²) < 4.78 is 1.58. The maximum absolute atomic E-state index is 12.7. The highest BCUT2D eigenvalue weighted by atomic mass is 32.1. The molecule has 23 heavy (non-hydrogen) atoms. The molecule has 3 heterocycles. The lowest BCUT2D eigenvalue weighted by Crippen LogP contribution is -2.34. The summed E-state index contributed by atoms with van der Waals surface area (Å²) in [5, 5.41) is 13.3. The second-order valence-corrected chi connectivity index (χ2v) is 6.30. The fraction of sp³-hybridized carbons (Fsp3) is 0.188. The number of carbonyl (C=O) groups excluding carboxylic acids is 1. The van der Waals surface area contributed by atoms with E-state index in [-0.39, 0.29) is 11.3 Å². The number of nitrogens with zero attached hydrogens (tertiary/aromatic N) is 3. The van der Waals surface area contributed by atoms with Gasteiger partial charge in [0.25, 0.3) is 11.5 Å². The maximum Gasteiger partial charge on any atom is 0.269 e. The Bertz CT molecular complexity index is 992. The van der Waals surface area contributed by atoms with Crippen molar-refractivity contribution in [1.29, 1.82) is 0 Å². The van der Waals surface area contributed by atoms with Gasteiger partial charge in [0, 0.05) is 30.6 Å². The van der Waals surface area contributed by atoms with Crippen molar-refractivity contribution in [2.24, 2.45) is 0 Å². The number of thiazole rings is 1. The molecular weight excluding hydrogens is 314 g/mol. The van der Waals surface area contributed by atoms with Gasteiger partial charge in [0.05, 0.1) is 5.52 Å². The molecule has 1 amide bonds. The van der Waals surface area contributed by atoms with Gasteiger partial charge in [0.2, 0.25) is 0 Å².